The number of hydrogen-bond acceptors (Lipinski definition) is 4. The summed E-state index contributed by atoms with van der Waals surface area (Å²) in [5.41, 5.74) is 4.15. The van der Waals surface area contributed by atoms with Crippen LogP contribution in [0.25, 0.3) is 10.9 Å². The van der Waals surface area contributed by atoms with E-state index in [9.17, 15) is 0 Å². The van der Waals surface area contributed by atoms with Gasteiger partial charge >= 0.3 is 0 Å². The van der Waals surface area contributed by atoms with Gasteiger partial charge in [0.15, 0.2) is 11.5 Å². The maximum Gasteiger partial charge on any atom is 0.231 e. The van der Waals surface area contributed by atoms with Crippen LogP contribution in [0.3, 0.4) is 0 Å². The Kier molecular flexibility index (Phi) is 5.36. The summed E-state index contributed by atoms with van der Waals surface area (Å²) in [5.74, 6) is 1.69. The number of H-pyrrole nitrogens is 1. The minimum atomic E-state index is 0.360. The molecule has 3 heterocycles. The number of aromatic amines is 1. The van der Waals surface area contributed by atoms with E-state index in [1.807, 2.05) is 24.3 Å². The zero-order valence-corrected chi connectivity index (χ0v) is 13.7. The summed E-state index contributed by atoms with van der Waals surface area (Å²) in [7, 11) is 1.00. The lowest BCUT2D eigenvalue weighted by atomic mass is 10.1. The van der Waals surface area contributed by atoms with Crippen molar-refractivity contribution in [3.8, 4) is 11.5 Å². The van der Waals surface area contributed by atoms with Gasteiger partial charge in [-0.2, -0.15) is 0 Å². The topological polar surface area (TPSA) is 66.5 Å². The molecule has 5 nitrogen and oxygen atoms in total. The van der Waals surface area contributed by atoms with Crippen molar-refractivity contribution in [2.24, 2.45) is 0 Å². The first-order chi connectivity index (χ1) is 11.9. The van der Waals surface area contributed by atoms with Crippen molar-refractivity contribution in [3.63, 3.8) is 0 Å². The summed E-state index contributed by atoms with van der Waals surface area (Å²) in [4.78, 5) is 3.45. The minimum absolute atomic E-state index is 0.360. The number of para-hydroxylation sites is 3. The first-order valence-electron chi connectivity index (χ1n) is 8.00. The van der Waals surface area contributed by atoms with E-state index < -0.39 is 0 Å². The molecule has 0 spiro atoms. The Balaban J connectivity index is 0.000000135. The molecule has 5 rings (SSSR count). The van der Waals surface area contributed by atoms with Gasteiger partial charge in [0.25, 0.3) is 0 Å². The Hall–Kier alpha value is -2.50. The highest BCUT2D eigenvalue weighted by molar-refractivity contribution is 5.84. The largest absolute Gasteiger partial charge is 0.454 e. The average Bonchev–Trinajstić information content (AvgIpc) is 3.28. The molecule has 24 heavy (non-hydrogen) atoms. The number of rotatable bonds is 0. The Labute approximate surface area is 141 Å². The van der Waals surface area contributed by atoms with E-state index >= 15 is 0 Å². The Morgan fingerprint density at radius 2 is 1.58 bits per heavy atom. The molecule has 3 aromatic rings. The second-order valence-electron chi connectivity index (χ2n) is 5.41. The molecule has 5 heteroatoms. The van der Waals surface area contributed by atoms with Crippen LogP contribution < -0.4 is 14.8 Å². The molecule has 3 N–H and O–H groups in total. The predicted octanol–water partition coefficient (Wildman–Crippen LogP) is 2.84. The molecule has 0 unspecified atom stereocenters. The third kappa shape index (κ3) is 3.37. The molecule has 2 aliphatic rings. The molecule has 2 aliphatic heterocycles. The molecule has 0 amide bonds. The number of benzene rings is 2. The van der Waals surface area contributed by atoms with Gasteiger partial charge in [-0.25, -0.2) is 0 Å². The van der Waals surface area contributed by atoms with Crippen molar-refractivity contribution in [1.82, 2.24) is 10.3 Å². The van der Waals surface area contributed by atoms with Crippen LogP contribution in [0.15, 0.2) is 48.5 Å². The first kappa shape index (κ1) is 16.4. The lowest BCUT2D eigenvalue weighted by molar-refractivity contribution is 0.174. The highest BCUT2D eigenvalue weighted by Gasteiger charge is 2.13. The minimum Gasteiger partial charge on any atom is -0.454 e. The van der Waals surface area contributed by atoms with Crippen LogP contribution in [0.2, 0.25) is 0 Å². The summed E-state index contributed by atoms with van der Waals surface area (Å²) in [6.45, 7) is 2.46. The molecule has 0 radical (unpaired) electrons. The van der Waals surface area contributed by atoms with Crippen LogP contribution in [0, 0.1) is 0 Å². The van der Waals surface area contributed by atoms with Crippen LogP contribution in [0.5, 0.6) is 11.5 Å². The van der Waals surface area contributed by atoms with Gasteiger partial charge in [-0.05, 0) is 36.7 Å². The molecule has 0 saturated carbocycles. The van der Waals surface area contributed by atoms with E-state index in [1.54, 1.807) is 0 Å². The molecular weight excluding hydrogens is 304 g/mol. The number of nitrogens with one attached hydrogen (secondary N) is 2. The fourth-order valence-corrected chi connectivity index (χ4v) is 2.96. The van der Waals surface area contributed by atoms with E-state index in [0.29, 0.717) is 6.79 Å². The lowest BCUT2D eigenvalue weighted by Gasteiger charge is -2.12. The molecule has 1 aromatic heterocycles. The van der Waals surface area contributed by atoms with Gasteiger partial charge in [0.2, 0.25) is 6.79 Å². The quantitative estimate of drug-likeness (QED) is 0.594. The zero-order chi connectivity index (χ0) is 16.8. The fraction of sp³-hybridized carbons (Fsp3) is 0.263. The van der Waals surface area contributed by atoms with Crippen molar-refractivity contribution in [2.45, 2.75) is 13.0 Å². The van der Waals surface area contributed by atoms with Crippen molar-refractivity contribution in [3.05, 3.63) is 59.8 Å². The predicted molar refractivity (Wildman–Crippen MR) is 94.4 cm³/mol. The number of hydrogen-bond donors (Lipinski definition) is 3. The van der Waals surface area contributed by atoms with E-state index in [2.05, 4.69) is 34.6 Å². The highest BCUT2D eigenvalue weighted by atomic mass is 16.7. The van der Waals surface area contributed by atoms with Gasteiger partial charge in [-0.15, -0.1) is 0 Å². The molecule has 2 aromatic carbocycles. The van der Waals surface area contributed by atoms with Crippen molar-refractivity contribution in [1.29, 1.82) is 0 Å². The number of fused-ring (bicyclic) bond motifs is 4. The molecular formula is C19H22N2O3. The second kappa shape index (κ2) is 7.86. The molecule has 0 atom stereocenters. The number of aliphatic hydroxyl groups is 1. The first-order valence-corrected chi connectivity index (χ1v) is 8.00. The van der Waals surface area contributed by atoms with Gasteiger partial charge in [-0.1, -0.05) is 30.3 Å². The van der Waals surface area contributed by atoms with Gasteiger partial charge < -0.3 is 24.9 Å². The smallest absolute Gasteiger partial charge is 0.231 e. The molecule has 0 fully saturated rings. The summed E-state index contributed by atoms with van der Waals surface area (Å²) in [6, 6.07) is 16.2. The van der Waals surface area contributed by atoms with Gasteiger partial charge in [0.1, 0.15) is 0 Å². The third-order valence-electron chi connectivity index (χ3n) is 4.03. The monoisotopic (exact) mass is 326 g/mol. The average molecular weight is 326 g/mol. The highest BCUT2D eigenvalue weighted by Crippen LogP contribution is 2.30. The van der Waals surface area contributed by atoms with E-state index in [4.69, 9.17) is 14.6 Å². The maximum atomic E-state index is 7.00. The summed E-state index contributed by atoms with van der Waals surface area (Å²) in [5, 5.41) is 11.8. The third-order valence-corrected chi connectivity index (χ3v) is 4.03. The summed E-state index contributed by atoms with van der Waals surface area (Å²) >= 11 is 0. The number of aromatic nitrogens is 1. The molecule has 0 saturated heterocycles. The lowest BCUT2D eigenvalue weighted by Crippen LogP contribution is -2.22. The maximum absolute atomic E-state index is 7.00. The van der Waals surface area contributed by atoms with E-state index in [-0.39, 0.29) is 0 Å². The fourth-order valence-electron chi connectivity index (χ4n) is 2.96. The standard InChI is InChI=1S/C11H12N2.C7H6O2.CH4O/c1-2-4-10-8(3-1)9-5-6-12-7-11(9)13-10;1-2-4-7-6(3-1)8-5-9-7;1-2/h1-4,12-13H,5-7H2;1-4H,5H2;2H,1H3. The van der Waals surface area contributed by atoms with Crippen LogP contribution in [0.1, 0.15) is 11.3 Å². The molecule has 0 aliphatic carbocycles. The Morgan fingerprint density at radius 3 is 2.33 bits per heavy atom. The van der Waals surface area contributed by atoms with Crippen LogP contribution in [0.4, 0.5) is 0 Å². The van der Waals surface area contributed by atoms with E-state index in [0.717, 1.165) is 38.1 Å². The van der Waals surface area contributed by atoms with Crippen molar-refractivity contribution < 1.29 is 14.6 Å². The van der Waals surface area contributed by atoms with Gasteiger partial charge in [0.05, 0.1) is 0 Å². The van der Waals surface area contributed by atoms with Crippen molar-refractivity contribution in [2.75, 3.05) is 20.4 Å². The van der Waals surface area contributed by atoms with Crippen molar-refractivity contribution >= 4 is 10.9 Å². The Morgan fingerprint density at radius 1 is 0.917 bits per heavy atom. The van der Waals surface area contributed by atoms with E-state index in [1.165, 1.54) is 22.2 Å². The summed E-state index contributed by atoms with van der Waals surface area (Å²) in [6.07, 6.45) is 1.15. The SMILES string of the molecule is CO.c1ccc2c(c1)OCO2.c1ccc2c3c([nH]c2c1)CNCC3. The van der Waals surface area contributed by atoms with Gasteiger partial charge in [0, 0.05) is 30.3 Å². The molecule has 0 bridgehead atoms. The Bertz CT molecular complexity index is 775. The summed E-state index contributed by atoms with van der Waals surface area (Å²) < 4.78 is 10.2. The zero-order valence-electron chi connectivity index (χ0n) is 13.7. The normalized spacial score (nSPS) is 14.1. The number of ether oxygens (including phenoxy) is 2. The molecule has 126 valence electrons. The van der Waals surface area contributed by atoms with Crippen LogP contribution in [-0.4, -0.2) is 30.5 Å². The van der Waals surface area contributed by atoms with Gasteiger partial charge in [-0.3, -0.25) is 0 Å². The number of aliphatic hydroxyl groups excluding tert-OH is 1. The van der Waals surface area contributed by atoms with Crippen LogP contribution >= 0.6 is 0 Å². The second-order valence-corrected chi connectivity index (χ2v) is 5.41. The van der Waals surface area contributed by atoms with Crippen LogP contribution in [-0.2, 0) is 13.0 Å².